The number of hydrogen-bond acceptors (Lipinski definition) is 3. The Morgan fingerprint density at radius 3 is 2.39 bits per heavy atom. The number of benzene rings is 2. The smallest absolute Gasteiger partial charge is 0.332 e. The van der Waals surface area contributed by atoms with Crippen LogP contribution in [0.3, 0.4) is 0 Å². The lowest BCUT2D eigenvalue weighted by Gasteiger charge is -2.33. The fraction of sp³-hybridized carbons (Fsp3) is 0.200. The Morgan fingerprint density at radius 2 is 1.74 bits per heavy atom. The summed E-state index contributed by atoms with van der Waals surface area (Å²) in [5.74, 6) is -2.20. The summed E-state index contributed by atoms with van der Waals surface area (Å²) in [6, 6.07) is 16.0. The molecule has 0 saturated carbocycles. The highest BCUT2D eigenvalue weighted by Crippen LogP contribution is 2.41. The highest BCUT2D eigenvalue weighted by Gasteiger charge is 2.38. The van der Waals surface area contributed by atoms with Crippen LogP contribution in [0.1, 0.15) is 30.9 Å². The normalized spacial score (nSPS) is 19.1. The maximum absolute atomic E-state index is 13.2. The number of halogens is 1. The van der Waals surface area contributed by atoms with Gasteiger partial charge in [-0.2, -0.15) is 0 Å². The van der Waals surface area contributed by atoms with Crippen LogP contribution in [0.25, 0.3) is 6.08 Å². The van der Waals surface area contributed by atoms with Crippen molar-refractivity contribution < 1.29 is 14.7 Å². The van der Waals surface area contributed by atoms with E-state index in [1.807, 2.05) is 42.5 Å². The Bertz CT molecular complexity index is 1090. The van der Waals surface area contributed by atoms with E-state index in [1.54, 1.807) is 38.1 Å². The van der Waals surface area contributed by atoms with Crippen molar-refractivity contribution in [3.8, 4) is 0 Å². The van der Waals surface area contributed by atoms with Gasteiger partial charge in [0, 0.05) is 34.7 Å². The molecule has 1 aliphatic rings. The maximum atomic E-state index is 13.2. The molecule has 6 heteroatoms. The molecule has 0 heterocycles. The van der Waals surface area contributed by atoms with E-state index in [-0.39, 0.29) is 11.5 Å². The van der Waals surface area contributed by atoms with Crippen LogP contribution in [0, 0.1) is 0 Å². The molecule has 0 aliphatic heterocycles. The molecule has 0 fully saturated rings. The summed E-state index contributed by atoms with van der Waals surface area (Å²) in [7, 11) is 0. The summed E-state index contributed by atoms with van der Waals surface area (Å²) in [4.78, 5) is 25.4. The van der Waals surface area contributed by atoms with Crippen LogP contribution in [0.15, 0.2) is 83.0 Å². The van der Waals surface area contributed by atoms with Crippen LogP contribution >= 0.6 is 11.6 Å². The predicted octanol–water partition coefficient (Wildman–Crippen LogP) is 4.31. The van der Waals surface area contributed by atoms with Gasteiger partial charge in [0.1, 0.15) is 0 Å². The lowest BCUT2D eigenvalue weighted by Crippen LogP contribution is -2.39. The van der Waals surface area contributed by atoms with Crippen molar-refractivity contribution in [3.63, 3.8) is 0 Å². The van der Waals surface area contributed by atoms with E-state index in [1.165, 1.54) is 0 Å². The van der Waals surface area contributed by atoms with E-state index < -0.39 is 17.9 Å². The van der Waals surface area contributed by atoms with Gasteiger partial charge in [0.15, 0.2) is 0 Å². The van der Waals surface area contributed by atoms with E-state index >= 15 is 0 Å². The van der Waals surface area contributed by atoms with Crippen LogP contribution in [0.4, 0.5) is 0 Å². The minimum Gasteiger partial charge on any atom is -0.478 e. The lowest BCUT2D eigenvalue weighted by molar-refractivity contribution is -0.133. The van der Waals surface area contributed by atoms with E-state index in [0.717, 1.165) is 5.56 Å². The molecule has 0 bridgehead atoms. The molecule has 0 radical (unpaired) electrons. The van der Waals surface area contributed by atoms with Crippen LogP contribution < -0.4 is 11.1 Å². The van der Waals surface area contributed by atoms with Crippen molar-refractivity contribution in [1.29, 1.82) is 0 Å². The first kappa shape index (κ1) is 22.5. The van der Waals surface area contributed by atoms with Gasteiger partial charge in [-0.05, 0) is 48.3 Å². The Labute approximate surface area is 186 Å². The molecule has 160 valence electrons. The van der Waals surface area contributed by atoms with Crippen LogP contribution in [-0.4, -0.2) is 29.6 Å². The second-order valence-corrected chi connectivity index (χ2v) is 7.92. The highest BCUT2D eigenvalue weighted by atomic mass is 35.5. The second kappa shape index (κ2) is 9.77. The fourth-order valence-electron chi connectivity index (χ4n) is 3.89. The summed E-state index contributed by atoms with van der Waals surface area (Å²) in [6.45, 7) is 3.78. The van der Waals surface area contributed by atoms with E-state index in [4.69, 9.17) is 17.3 Å². The van der Waals surface area contributed by atoms with Crippen molar-refractivity contribution in [1.82, 2.24) is 5.32 Å². The molecule has 2 aromatic carbocycles. The number of carbonyl (C=O) groups excluding carboxylic acids is 1. The average Bonchev–Trinajstić information content (AvgIpc) is 2.75. The molecule has 4 N–H and O–H groups in total. The molecule has 2 aromatic rings. The standard InChI is InChI=1S/C25H25ClN2O3/c1-15-20(24(29)28-13-7-10-17-8-4-3-5-9-17)22(18-11-6-12-19(26)14-18)21(25(30)31)16(2)23(15)27/h3-12,14,22-23H,13,27H2,1-2H3,(H,28,29)(H,30,31)/b10-7+. The first-order valence-corrected chi connectivity index (χ1v) is 10.3. The molecule has 0 spiro atoms. The topological polar surface area (TPSA) is 92.4 Å². The van der Waals surface area contributed by atoms with Crippen molar-refractivity contribution in [2.24, 2.45) is 5.73 Å². The van der Waals surface area contributed by atoms with Crippen molar-refractivity contribution in [2.45, 2.75) is 25.8 Å². The number of carboxylic acids is 1. The van der Waals surface area contributed by atoms with E-state index in [0.29, 0.717) is 33.9 Å². The van der Waals surface area contributed by atoms with Gasteiger partial charge < -0.3 is 16.2 Å². The van der Waals surface area contributed by atoms with Gasteiger partial charge in [-0.15, -0.1) is 0 Å². The summed E-state index contributed by atoms with van der Waals surface area (Å²) in [5.41, 5.74) is 9.60. The van der Waals surface area contributed by atoms with Gasteiger partial charge >= 0.3 is 5.97 Å². The Hall–Kier alpha value is -3.15. The summed E-state index contributed by atoms with van der Waals surface area (Å²) in [6.07, 6.45) is 3.76. The summed E-state index contributed by atoms with van der Waals surface area (Å²) < 4.78 is 0. The lowest BCUT2D eigenvalue weighted by atomic mass is 9.73. The number of aliphatic carboxylic acids is 1. The predicted molar refractivity (Wildman–Crippen MR) is 124 cm³/mol. The number of rotatable bonds is 6. The third kappa shape index (κ3) is 4.95. The highest BCUT2D eigenvalue weighted by molar-refractivity contribution is 6.30. The molecule has 31 heavy (non-hydrogen) atoms. The third-order valence-corrected chi connectivity index (χ3v) is 5.74. The maximum Gasteiger partial charge on any atom is 0.332 e. The SMILES string of the molecule is CC1=C(C(=O)O)C(c2cccc(Cl)c2)C(C(=O)NC/C=C/c2ccccc2)=C(C)C1N. The van der Waals surface area contributed by atoms with E-state index in [9.17, 15) is 14.7 Å². The fourth-order valence-corrected chi connectivity index (χ4v) is 4.09. The minimum absolute atomic E-state index is 0.116. The number of hydrogen-bond donors (Lipinski definition) is 3. The number of nitrogens with one attached hydrogen (secondary N) is 1. The first-order valence-electron chi connectivity index (χ1n) is 9.96. The van der Waals surface area contributed by atoms with Gasteiger partial charge in [-0.3, -0.25) is 4.79 Å². The molecule has 2 atom stereocenters. The number of nitrogens with two attached hydrogens (primary N) is 1. The quantitative estimate of drug-likeness (QED) is 0.629. The molecule has 5 nitrogen and oxygen atoms in total. The van der Waals surface area contributed by atoms with E-state index in [2.05, 4.69) is 5.32 Å². The Kier molecular flexibility index (Phi) is 7.10. The molecule has 2 unspecified atom stereocenters. The van der Waals surface area contributed by atoms with Gasteiger partial charge in [-0.25, -0.2) is 4.79 Å². The molecule has 0 saturated heterocycles. The number of amides is 1. The minimum atomic E-state index is -1.10. The first-order chi connectivity index (χ1) is 14.8. The summed E-state index contributed by atoms with van der Waals surface area (Å²) in [5, 5.41) is 13.3. The molecule has 0 aromatic heterocycles. The van der Waals surface area contributed by atoms with Gasteiger partial charge in [-0.1, -0.05) is 66.2 Å². The molecule has 3 rings (SSSR count). The summed E-state index contributed by atoms with van der Waals surface area (Å²) >= 11 is 6.17. The monoisotopic (exact) mass is 436 g/mol. The van der Waals surface area contributed by atoms with Gasteiger partial charge in [0.2, 0.25) is 5.91 Å². The zero-order chi connectivity index (χ0) is 22.5. The molecular weight excluding hydrogens is 412 g/mol. The van der Waals surface area contributed by atoms with Gasteiger partial charge in [0.25, 0.3) is 0 Å². The largest absolute Gasteiger partial charge is 0.478 e. The molecule has 1 amide bonds. The van der Waals surface area contributed by atoms with Crippen LogP contribution in [0.2, 0.25) is 5.02 Å². The van der Waals surface area contributed by atoms with Crippen molar-refractivity contribution in [3.05, 3.63) is 99.1 Å². The van der Waals surface area contributed by atoms with Crippen molar-refractivity contribution in [2.75, 3.05) is 6.54 Å². The Morgan fingerprint density at radius 1 is 1.06 bits per heavy atom. The zero-order valence-electron chi connectivity index (χ0n) is 17.4. The number of carbonyl (C=O) groups is 2. The molecular formula is C25H25ClN2O3. The third-order valence-electron chi connectivity index (χ3n) is 5.51. The van der Waals surface area contributed by atoms with Crippen molar-refractivity contribution >= 4 is 29.6 Å². The molecule has 1 aliphatic carbocycles. The second-order valence-electron chi connectivity index (χ2n) is 7.49. The van der Waals surface area contributed by atoms with Gasteiger partial charge in [0.05, 0.1) is 0 Å². The Balaban J connectivity index is 1.93. The average molecular weight is 437 g/mol. The number of carboxylic acid groups (broad SMARTS) is 1. The zero-order valence-corrected chi connectivity index (χ0v) is 18.2. The van der Waals surface area contributed by atoms with Crippen LogP contribution in [0.5, 0.6) is 0 Å². The van der Waals surface area contributed by atoms with Crippen LogP contribution in [-0.2, 0) is 9.59 Å².